The van der Waals surface area contributed by atoms with Crippen molar-refractivity contribution in [3.8, 4) is 0 Å². The molecule has 0 heterocycles. The Morgan fingerprint density at radius 1 is 1.54 bits per heavy atom. The predicted molar refractivity (Wildman–Crippen MR) is 52.7 cm³/mol. The second-order valence-electron chi connectivity index (χ2n) is 2.64. The van der Waals surface area contributed by atoms with E-state index in [1.54, 1.807) is 6.07 Å². The Balaban J connectivity index is 3.06. The molecule has 0 saturated heterocycles. The molecule has 0 saturated carbocycles. The summed E-state index contributed by atoms with van der Waals surface area (Å²) in [5.74, 6) is 0. The third-order valence-corrected chi connectivity index (χ3v) is 2.25. The van der Waals surface area contributed by atoms with Crippen molar-refractivity contribution in [3.05, 3.63) is 34.3 Å². The minimum absolute atomic E-state index is 0.326. The largest absolute Gasteiger partial charge is 0.235 e. The molecule has 1 rings (SSSR count). The average molecular weight is 196 g/mol. The van der Waals surface area contributed by atoms with Crippen LogP contribution in [0.3, 0.4) is 0 Å². The van der Waals surface area contributed by atoms with Crippen LogP contribution in [-0.4, -0.2) is 6.08 Å². The molecule has 0 bridgehead atoms. The Kier molecular flexibility index (Phi) is 3.69. The molecule has 0 radical (unpaired) electrons. The summed E-state index contributed by atoms with van der Waals surface area (Å²) in [4.78, 5) is 13.5. The van der Waals surface area contributed by atoms with Gasteiger partial charge in [0.05, 0.1) is 6.54 Å². The first-order valence-corrected chi connectivity index (χ1v) is 4.47. The third-order valence-electron chi connectivity index (χ3n) is 1.90. The molecule has 0 atom stereocenters. The zero-order valence-electron chi connectivity index (χ0n) is 7.38. The number of aliphatic imine (C=N–C) groups is 1. The number of benzene rings is 1. The molecule has 0 aliphatic heterocycles. The van der Waals surface area contributed by atoms with Gasteiger partial charge in [-0.1, -0.05) is 30.7 Å². The first-order valence-electron chi connectivity index (χ1n) is 4.09. The molecule has 3 heteroatoms. The van der Waals surface area contributed by atoms with Crippen molar-refractivity contribution < 1.29 is 4.79 Å². The summed E-state index contributed by atoms with van der Waals surface area (Å²) in [7, 11) is 0. The van der Waals surface area contributed by atoms with Crippen molar-refractivity contribution in [2.45, 2.75) is 19.9 Å². The molecule has 68 valence electrons. The van der Waals surface area contributed by atoms with Gasteiger partial charge in [0.25, 0.3) is 0 Å². The molecule has 1 aromatic rings. The molecule has 2 nitrogen and oxygen atoms in total. The van der Waals surface area contributed by atoms with Gasteiger partial charge < -0.3 is 0 Å². The highest BCUT2D eigenvalue weighted by Gasteiger charge is 2.03. The maximum absolute atomic E-state index is 9.95. The molecule has 0 unspecified atom stereocenters. The molecular weight excluding hydrogens is 186 g/mol. The number of aryl methyl sites for hydroxylation is 1. The molecule has 0 fully saturated rings. The SMILES string of the molecule is CCc1cccc(Cl)c1CN=C=O. The van der Waals surface area contributed by atoms with Gasteiger partial charge in [-0.2, -0.15) is 0 Å². The van der Waals surface area contributed by atoms with Crippen LogP contribution in [0.1, 0.15) is 18.1 Å². The first kappa shape index (κ1) is 9.97. The van der Waals surface area contributed by atoms with Gasteiger partial charge in [0, 0.05) is 5.02 Å². The summed E-state index contributed by atoms with van der Waals surface area (Å²) in [6.07, 6.45) is 2.40. The van der Waals surface area contributed by atoms with Crippen molar-refractivity contribution in [2.24, 2.45) is 4.99 Å². The van der Waals surface area contributed by atoms with Gasteiger partial charge in [-0.15, -0.1) is 0 Å². The number of hydrogen-bond donors (Lipinski definition) is 0. The average Bonchev–Trinajstić information content (AvgIpc) is 2.15. The molecule has 0 amide bonds. The summed E-state index contributed by atoms with van der Waals surface area (Å²) < 4.78 is 0. The lowest BCUT2D eigenvalue weighted by Crippen LogP contribution is -1.91. The molecule has 0 aliphatic rings. The smallest absolute Gasteiger partial charge is 0.211 e. The molecule has 0 spiro atoms. The van der Waals surface area contributed by atoms with Gasteiger partial charge in [-0.05, 0) is 23.6 Å². The van der Waals surface area contributed by atoms with E-state index < -0.39 is 0 Å². The lowest BCUT2D eigenvalue weighted by Gasteiger charge is -2.05. The number of carbonyl (C=O) groups excluding carboxylic acids is 1. The number of hydrogen-bond acceptors (Lipinski definition) is 2. The number of halogens is 1. The van der Waals surface area contributed by atoms with Gasteiger partial charge in [0.1, 0.15) is 0 Å². The minimum atomic E-state index is 0.326. The molecule has 13 heavy (non-hydrogen) atoms. The fraction of sp³-hybridized carbons (Fsp3) is 0.300. The van der Waals surface area contributed by atoms with E-state index in [0.29, 0.717) is 11.6 Å². The van der Waals surface area contributed by atoms with Crippen molar-refractivity contribution in [1.82, 2.24) is 0 Å². The Hall–Kier alpha value is -1.11. The van der Waals surface area contributed by atoms with Crippen molar-refractivity contribution in [1.29, 1.82) is 0 Å². The third kappa shape index (κ3) is 2.41. The fourth-order valence-electron chi connectivity index (χ4n) is 1.22. The van der Waals surface area contributed by atoms with Gasteiger partial charge in [-0.25, -0.2) is 9.79 Å². The van der Waals surface area contributed by atoms with Crippen LogP contribution in [0.2, 0.25) is 5.02 Å². The van der Waals surface area contributed by atoms with E-state index in [4.69, 9.17) is 11.6 Å². The van der Waals surface area contributed by atoms with E-state index in [0.717, 1.165) is 17.5 Å². The van der Waals surface area contributed by atoms with Crippen LogP contribution in [0.5, 0.6) is 0 Å². The topological polar surface area (TPSA) is 29.4 Å². The van der Waals surface area contributed by atoms with Crippen molar-refractivity contribution in [2.75, 3.05) is 0 Å². The summed E-state index contributed by atoms with van der Waals surface area (Å²) in [5, 5.41) is 0.665. The number of rotatable bonds is 3. The van der Waals surface area contributed by atoms with E-state index in [-0.39, 0.29) is 0 Å². The highest BCUT2D eigenvalue weighted by Crippen LogP contribution is 2.21. The van der Waals surface area contributed by atoms with Crippen LogP contribution in [0.4, 0.5) is 0 Å². The van der Waals surface area contributed by atoms with Crippen LogP contribution in [0.15, 0.2) is 23.2 Å². The predicted octanol–water partition coefficient (Wildman–Crippen LogP) is 2.74. The maximum atomic E-state index is 9.95. The summed E-state index contributed by atoms with van der Waals surface area (Å²) in [6, 6.07) is 5.69. The van der Waals surface area contributed by atoms with Gasteiger partial charge in [-0.3, -0.25) is 0 Å². The quantitative estimate of drug-likeness (QED) is 0.539. The Bertz CT molecular complexity index is 343. The Labute approximate surface area is 82.3 Å². The molecule has 0 aromatic heterocycles. The van der Waals surface area contributed by atoms with Crippen LogP contribution >= 0.6 is 11.6 Å². The highest BCUT2D eigenvalue weighted by molar-refractivity contribution is 6.31. The second-order valence-corrected chi connectivity index (χ2v) is 3.05. The molecular formula is C10H10ClNO. The van der Waals surface area contributed by atoms with E-state index in [9.17, 15) is 4.79 Å². The van der Waals surface area contributed by atoms with E-state index in [2.05, 4.69) is 4.99 Å². The molecule has 0 aliphatic carbocycles. The zero-order valence-corrected chi connectivity index (χ0v) is 8.14. The standard InChI is InChI=1S/C10H10ClNO/c1-2-8-4-3-5-10(11)9(8)6-12-7-13/h3-5H,2,6H2,1H3. The Morgan fingerprint density at radius 2 is 2.31 bits per heavy atom. The summed E-state index contributed by atoms with van der Waals surface area (Å²) in [5.41, 5.74) is 2.06. The molecule has 0 N–H and O–H groups in total. The van der Waals surface area contributed by atoms with E-state index in [1.165, 1.54) is 6.08 Å². The monoisotopic (exact) mass is 195 g/mol. The van der Waals surface area contributed by atoms with Crippen LogP contribution in [0, 0.1) is 0 Å². The maximum Gasteiger partial charge on any atom is 0.235 e. The molecule has 1 aromatic carbocycles. The van der Waals surface area contributed by atoms with Crippen molar-refractivity contribution in [3.63, 3.8) is 0 Å². The normalized spacial score (nSPS) is 9.38. The second kappa shape index (κ2) is 4.80. The van der Waals surface area contributed by atoms with Crippen molar-refractivity contribution >= 4 is 17.7 Å². The lowest BCUT2D eigenvalue weighted by molar-refractivity contribution is 0.562. The van der Waals surface area contributed by atoms with Crippen LogP contribution in [0.25, 0.3) is 0 Å². The zero-order chi connectivity index (χ0) is 9.68. The van der Waals surface area contributed by atoms with Gasteiger partial charge >= 0.3 is 0 Å². The van der Waals surface area contributed by atoms with Crippen LogP contribution < -0.4 is 0 Å². The Morgan fingerprint density at radius 3 is 2.92 bits per heavy atom. The van der Waals surface area contributed by atoms with E-state index in [1.807, 2.05) is 19.1 Å². The van der Waals surface area contributed by atoms with Gasteiger partial charge in [0.2, 0.25) is 6.08 Å². The van der Waals surface area contributed by atoms with Gasteiger partial charge in [0.15, 0.2) is 0 Å². The minimum Gasteiger partial charge on any atom is -0.211 e. The number of isocyanates is 1. The fourth-order valence-corrected chi connectivity index (χ4v) is 1.48. The summed E-state index contributed by atoms with van der Waals surface area (Å²) in [6.45, 7) is 2.37. The van der Waals surface area contributed by atoms with Crippen LogP contribution in [-0.2, 0) is 17.8 Å². The first-order chi connectivity index (χ1) is 6.29. The lowest BCUT2D eigenvalue weighted by atomic mass is 10.1. The highest BCUT2D eigenvalue weighted by atomic mass is 35.5. The van der Waals surface area contributed by atoms with E-state index >= 15 is 0 Å². The number of nitrogens with zero attached hydrogens (tertiary/aromatic N) is 1. The summed E-state index contributed by atoms with van der Waals surface area (Å²) >= 11 is 5.95.